The molecule has 1 N–H and O–H groups in total. The maximum Gasteiger partial charge on any atom is 0.264 e. The Morgan fingerprint density at radius 1 is 1.00 bits per heavy atom. The van der Waals surface area contributed by atoms with Crippen LogP contribution in [0, 0.1) is 13.8 Å². The van der Waals surface area contributed by atoms with Crippen molar-refractivity contribution in [3.8, 4) is 5.75 Å². The minimum absolute atomic E-state index is 0.130. The lowest BCUT2D eigenvalue weighted by Gasteiger charge is -2.26. The number of hydrogen-bond acceptors (Lipinski definition) is 4. The number of nitrogens with one attached hydrogen (secondary N) is 1. The summed E-state index contributed by atoms with van der Waals surface area (Å²) in [6, 6.07) is 19.2. The molecule has 0 aromatic heterocycles. The maximum atomic E-state index is 13.5. The molecular weight excluding hydrogens is 492 g/mol. The lowest BCUT2D eigenvalue weighted by molar-refractivity contribution is -0.119. The fourth-order valence-corrected chi connectivity index (χ4v) is 4.97. The third-order valence-corrected chi connectivity index (χ3v) is 7.69. The van der Waals surface area contributed by atoms with Gasteiger partial charge in [0.1, 0.15) is 12.3 Å². The molecular formula is C24H25BrN2O4S. The molecule has 6 nitrogen and oxygen atoms in total. The number of hydrogen-bond donors (Lipinski definition) is 1. The van der Waals surface area contributed by atoms with E-state index < -0.39 is 15.9 Å². The molecule has 8 heteroatoms. The monoisotopic (exact) mass is 516 g/mol. The van der Waals surface area contributed by atoms with Crippen molar-refractivity contribution >= 4 is 37.5 Å². The van der Waals surface area contributed by atoms with E-state index in [2.05, 4.69) is 21.2 Å². The molecule has 168 valence electrons. The zero-order chi connectivity index (χ0) is 23.3. The number of carbonyl (C=O) groups excluding carboxylic acids is 1. The molecule has 0 aliphatic rings. The summed E-state index contributed by atoms with van der Waals surface area (Å²) in [5, 5.41) is 2.81. The molecule has 0 aliphatic carbocycles. The van der Waals surface area contributed by atoms with Gasteiger partial charge in [0.05, 0.1) is 17.7 Å². The van der Waals surface area contributed by atoms with Gasteiger partial charge in [0.2, 0.25) is 5.91 Å². The average molecular weight is 517 g/mol. The van der Waals surface area contributed by atoms with E-state index in [1.807, 2.05) is 32.0 Å². The van der Waals surface area contributed by atoms with Crippen LogP contribution in [-0.2, 0) is 21.4 Å². The predicted molar refractivity (Wildman–Crippen MR) is 129 cm³/mol. The van der Waals surface area contributed by atoms with Crippen LogP contribution in [0.25, 0.3) is 0 Å². The van der Waals surface area contributed by atoms with Crippen LogP contribution in [0.2, 0.25) is 0 Å². The third kappa shape index (κ3) is 5.49. The molecule has 0 heterocycles. The first-order chi connectivity index (χ1) is 15.2. The van der Waals surface area contributed by atoms with Crippen LogP contribution in [0.15, 0.2) is 76.1 Å². The summed E-state index contributed by atoms with van der Waals surface area (Å²) >= 11 is 3.45. The minimum atomic E-state index is -3.96. The molecule has 3 aromatic carbocycles. The molecule has 0 saturated carbocycles. The van der Waals surface area contributed by atoms with Crippen LogP contribution >= 0.6 is 15.9 Å². The number of nitrogens with zero attached hydrogens (tertiary/aromatic N) is 1. The highest BCUT2D eigenvalue weighted by molar-refractivity contribution is 9.10. The van der Waals surface area contributed by atoms with E-state index in [0.717, 1.165) is 31.2 Å². The van der Waals surface area contributed by atoms with Gasteiger partial charge in [-0.25, -0.2) is 8.42 Å². The largest absolute Gasteiger partial charge is 0.497 e. The van der Waals surface area contributed by atoms with Crippen molar-refractivity contribution in [1.29, 1.82) is 0 Å². The number of carbonyl (C=O) groups is 1. The van der Waals surface area contributed by atoms with E-state index in [0.29, 0.717) is 5.69 Å². The highest BCUT2D eigenvalue weighted by atomic mass is 79.9. The Balaban J connectivity index is 1.87. The second-order valence-electron chi connectivity index (χ2n) is 7.33. The van der Waals surface area contributed by atoms with Crippen LogP contribution in [0.5, 0.6) is 5.75 Å². The SMILES string of the molecule is COc1ccc(CNC(=O)CN(c2cccc(Br)c2C)S(=O)(=O)c2ccc(C)cc2)cc1. The Morgan fingerprint density at radius 3 is 2.28 bits per heavy atom. The Bertz CT molecular complexity index is 1190. The Hall–Kier alpha value is -2.84. The van der Waals surface area contributed by atoms with E-state index in [1.54, 1.807) is 55.6 Å². The number of halogens is 1. The quantitative estimate of drug-likeness (QED) is 0.475. The number of sulfonamides is 1. The Kier molecular flexibility index (Phi) is 7.58. The normalized spacial score (nSPS) is 11.1. The summed E-state index contributed by atoms with van der Waals surface area (Å²) in [6.45, 7) is 3.63. The number of benzene rings is 3. The van der Waals surface area contributed by atoms with Crippen molar-refractivity contribution in [2.45, 2.75) is 25.3 Å². The Morgan fingerprint density at radius 2 is 1.66 bits per heavy atom. The van der Waals surface area contributed by atoms with Crippen molar-refractivity contribution in [3.05, 3.63) is 87.9 Å². The average Bonchev–Trinajstić information content (AvgIpc) is 2.78. The molecule has 0 bridgehead atoms. The summed E-state index contributed by atoms with van der Waals surface area (Å²) in [6.07, 6.45) is 0. The summed E-state index contributed by atoms with van der Waals surface area (Å²) in [5.74, 6) is 0.316. The lowest BCUT2D eigenvalue weighted by Crippen LogP contribution is -2.41. The van der Waals surface area contributed by atoms with E-state index in [4.69, 9.17) is 4.74 Å². The van der Waals surface area contributed by atoms with Gasteiger partial charge in [-0.1, -0.05) is 51.8 Å². The second kappa shape index (κ2) is 10.2. The van der Waals surface area contributed by atoms with Crippen LogP contribution in [0.3, 0.4) is 0 Å². The number of ether oxygens (including phenoxy) is 1. The number of rotatable bonds is 8. The highest BCUT2D eigenvalue weighted by Crippen LogP contribution is 2.31. The topological polar surface area (TPSA) is 75.7 Å². The van der Waals surface area contributed by atoms with Crippen molar-refractivity contribution < 1.29 is 17.9 Å². The number of aryl methyl sites for hydroxylation is 1. The molecule has 32 heavy (non-hydrogen) atoms. The molecule has 0 fully saturated rings. The van der Waals surface area contributed by atoms with Crippen molar-refractivity contribution in [2.75, 3.05) is 18.0 Å². The van der Waals surface area contributed by atoms with Crippen molar-refractivity contribution in [3.63, 3.8) is 0 Å². The van der Waals surface area contributed by atoms with Gasteiger partial charge in [0.15, 0.2) is 0 Å². The highest BCUT2D eigenvalue weighted by Gasteiger charge is 2.28. The standard InChI is InChI=1S/C24H25BrN2O4S/c1-17-7-13-21(14-8-17)32(29,30)27(23-6-4-5-22(25)18(23)2)16-24(28)26-15-19-9-11-20(31-3)12-10-19/h4-14H,15-16H2,1-3H3,(H,26,28). The van der Waals surface area contributed by atoms with Gasteiger partial charge >= 0.3 is 0 Å². The first kappa shape index (κ1) is 23.8. The van der Waals surface area contributed by atoms with Gasteiger partial charge in [-0.2, -0.15) is 0 Å². The molecule has 3 rings (SSSR count). The fraction of sp³-hybridized carbons (Fsp3) is 0.208. The second-order valence-corrected chi connectivity index (χ2v) is 10.1. The number of anilines is 1. The molecule has 0 saturated heterocycles. The van der Waals surface area contributed by atoms with Crippen LogP contribution in [0.1, 0.15) is 16.7 Å². The van der Waals surface area contributed by atoms with Gasteiger partial charge in [-0.15, -0.1) is 0 Å². The molecule has 0 unspecified atom stereocenters. The number of amides is 1. The zero-order valence-electron chi connectivity index (χ0n) is 18.1. The zero-order valence-corrected chi connectivity index (χ0v) is 20.5. The number of methoxy groups -OCH3 is 1. The minimum Gasteiger partial charge on any atom is -0.497 e. The van der Waals surface area contributed by atoms with Crippen LogP contribution in [0.4, 0.5) is 5.69 Å². The van der Waals surface area contributed by atoms with Crippen molar-refractivity contribution in [2.24, 2.45) is 0 Å². The molecule has 1 amide bonds. The fourth-order valence-electron chi connectivity index (χ4n) is 3.13. The predicted octanol–water partition coefficient (Wildman–Crippen LogP) is 4.59. The molecule has 0 radical (unpaired) electrons. The van der Waals surface area contributed by atoms with Crippen molar-refractivity contribution in [1.82, 2.24) is 5.32 Å². The van der Waals surface area contributed by atoms with Crippen LogP contribution in [-0.4, -0.2) is 28.0 Å². The van der Waals surface area contributed by atoms with E-state index in [-0.39, 0.29) is 18.0 Å². The summed E-state index contributed by atoms with van der Waals surface area (Å²) < 4.78 is 34.1. The lowest BCUT2D eigenvalue weighted by atomic mass is 10.2. The third-order valence-electron chi connectivity index (χ3n) is 5.05. The molecule has 3 aromatic rings. The van der Waals surface area contributed by atoms with E-state index in [9.17, 15) is 13.2 Å². The van der Waals surface area contributed by atoms with E-state index in [1.165, 1.54) is 0 Å². The van der Waals surface area contributed by atoms with Gasteiger partial charge in [0, 0.05) is 11.0 Å². The summed E-state index contributed by atoms with van der Waals surface area (Å²) in [4.78, 5) is 12.9. The van der Waals surface area contributed by atoms with Gasteiger partial charge in [0.25, 0.3) is 10.0 Å². The first-order valence-electron chi connectivity index (χ1n) is 9.96. The molecule has 0 atom stereocenters. The van der Waals surface area contributed by atoms with Gasteiger partial charge in [-0.3, -0.25) is 9.10 Å². The van der Waals surface area contributed by atoms with Crippen LogP contribution < -0.4 is 14.4 Å². The smallest absolute Gasteiger partial charge is 0.264 e. The van der Waals surface area contributed by atoms with Gasteiger partial charge < -0.3 is 10.1 Å². The van der Waals surface area contributed by atoms with E-state index >= 15 is 0 Å². The summed E-state index contributed by atoms with van der Waals surface area (Å²) in [5.41, 5.74) is 3.00. The molecule has 0 aliphatic heterocycles. The summed E-state index contributed by atoms with van der Waals surface area (Å²) in [7, 11) is -2.37. The maximum absolute atomic E-state index is 13.5. The Labute approximate surface area is 197 Å². The van der Waals surface area contributed by atoms with Gasteiger partial charge in [-0.05, 0) is 61.4 Å². The molecule has 0 spiro atoms. The first-order valence-corrected chi connectivity index (χ1v) is 12.2.